The maximum atomic E-state index is 11.5. The molecule has 4 heteroatoms. The fourth-order valence-corrected chi connectivity index (χ4v) is 5.30. The number of hydrogen-bond donors (Lipinski definition) is 1. The van der Waals surface area contributed by atoms with E-state index in [4.69, 9.17) is 9.15 Å². The molecule has 4 nitrogen and oxygen atoms in total. The van der Waals surface area contributed by atoms with E-state index in [9.17, 15) is 9.90 Å². The van der Waals surface area contributed by atoms with Crippen LogP contribution in [0.2, 0.25) is 0 Å². The van der Waals surface area contributed by atoms with Crippen LogP contribution in [0.25, 0.3) is 11.0 Å². The van der Waals surface area contributed by atoms with Crippen LogP contribution >= 0.6 is 0 Å². The quantitative estimate of drug-likeness (QED) is 0.638. The highest BCUT2D eigenvalue weighted by molar-refractivity contribution is 5.77. The highest BCUT2D eigenvalue weighted by atomic mass is 16.5. The molecule has 2 aliphatic rings. The van der Waals surface area contributed by atoms with Crippen LogP contribution in [0.5, 0.6) is 5.75 Å². The minimum atomic E-state index is -0.351. The summed E-state index contributed by atoms with van der Waals surface area (Å²) in [6, 6.07) is 8.84. The van der Waals surface area contributed by atoms with Crippen LogP contribution in [0.1, 0.15) is 40.0 Å². The minimum Gasteiger partial charge on any atom is -0.493 e. The second kappa shape index (κ2) is 6.83. The zero-order chi connectivity index (χ0) is 19.2. The van der Waals surface area contributed by atoms with Crippen LogP contribution in [0.4, 0.5) is 0 Å². The van der Waals surface area contributed by atoms with Crippen molar-refractivity contribution >= 4 is 11.0 Å². The Hall–Kier alpha value is -2.07. The minimum absolute atomic E-state index is 0.140. The van der Waals surface area contributed by atoms with E-state index in [2.05, 4.69) is 26.8 Å². The highest BCUT2D eigenvalue weighted by Crippen LogP contribution is 2.55. The summed E-state index contributed by atoms with van der Waals surface area (Å²) in [5, 5.41) is 11.2. The predicted molar refractivity (Wildman–Crippen MR) is 106 cm³/mol. The van der Waals surface area contributed by atoms with Crippen molar-refractivity contribution in [3.05, 3.63) is 52.4 Å². The van der Waals surface area contributed by atoms with Crippen molar-refractivity contribution in [1.29, 1.82) is 0 Å². The molecular formula is C23H28O4. The number of aliphatic hydroxyl groups excluding tert-OH is 1. The maximum absolute atomic E-state index is 11.5. The van der Waals surface area contributed by atoms with Gasteiger partial charge in [-0.05, 0) is 61.6 Å². The fourth-order valence-electron chi connectivity index (χ4n) is 5.30. The summed E-state index contributed by atoms with van der Waals surface area (Å²) in [6.45, 7) is 7.35. The van der Waals surface area contributed by atoms with Crippen LogP contribution in [0.3, 0.4) is 0 Å². The van der Waals surface area contributed by atoms with Crippen LogP contribution in [-0.4, -0.2) is 17.8 Å². The van der Waals surface area contributed by atoms with Crippen molar-refractivity contribution in [2.45, 2.75) is 46.1 Å². The third-order valence-electron chi connectivity index (χ3n) is 7.12. The molecule has 1 heterocycles. The number of fused-ring (bicyclic) bond motifs is 2. The summed E-state index contributed by atoms with van der Waals surface area (Å²) in [5.41, 5.74) is 1.72. The van der Waals surface area contributed by atoms with Gasteiger partial charge in [-0.25, -0.2) is 4.79 Å². The fraction of sp³-hybridized carbons (Fsp3) is 0.522. The van der Waals surface area contributed by atoms with E-state index in [1.165, 1.54) is 11.6 Å². The number of aliphatic hydroxyl groups is 1. The Morgan fingerprint density at radius 2 is 2.07 bits per heavy atom. The standard InChI is InChI=1S/C23H28O4/c1-14-4-8-18-15(2)20(24)10-11-23(18,3)19(14)13-26-17-7-5-16-6-9-22(25)27-21(16)12-17/h4-7,9,12,15,18-20,24H,8,10-11,13H2,1-3H3/t15-,18-,19+,20+,23-/m1/s1. The van der Waals surface area contributed by atoms with Crippen molar-refractivity contribution < 1.29 is 14.3 Å². The molecule has 0 spiro atoms. The lowest BCUT2D eigenvalue weighted by atomic mass is 9.52. The van der Waals surface area contributed by atoms with Gasteiger partial charge >= 0.3 is 5.63 Å². The number of rotatable bonds is 3. The first kappa shape index (κ1) is 18.3. The Kier molecular flexibility index (Phi) is 4.63. The second-order valence-corrected chi connectivity index (χ2v) is 8.58. The van der Waals surface area contributed by atoms with Crippen LogP contribution in [-0.2, 0) is 0 Å². The van der Waals surface area contributed by atoms with Gasteiger partial charge in [0.05, 0.1) is 12.7 Å². The molecule has 0 aliphatic heterocycles. The number of hydrogen-bond acceptors (Lipinski definition) is 4. The van der Waals surface area contributed by atoms with Crippen molar-refractivity contribution in [3.63, 3.8) is 0 Å². The topological polar surface area (TPSA) is 59.7 Å². The zero-order valence-electron chi connectivity index (χ0n) is 16.3. The average molecular weight is 368 g/mol. The van der Waals surface area contributed by atoms with Gasteiger partial charge in [0.2, 0.25) is 0 Å². The summed E-state index contributed by atoms with van der Waals surface area (Å²) in [4.78, 5) is 11.5. The molecule has 0 radical (unpaired) electrons. The van der Waals surface area contributed by atoms with Crippen molar-refractivity contribution in [2.24, 2.45) is 23.2 Å². The molecule has 2 aliphatic carbocycles. The Morgan fingerprint density at radius 3 is 2.89 bits per heavy atom. The van der Waals surface area contributed by atoms with E-state index < -0.39 is 0 Å². The van der Waals surface area contributed by atoms with Gasteiger partial charge in [-0.15, -0.1) is 0 Å². The Labute approximate surface area is 159 Å². The molecule has 0 saturated heterocycles. The number of allylic oxidation sites excluding steroid dienone is 1. The molecule has 0 amide bonds. The van der Waals surface area contributed by atoms with Crippen LogP contribution in [0.15, 0.2) is 51.2 Å². The lowest BCUT2D eigenvalue weighted by Crippen LogP contribution is -2.50. The van der Waals surface area contributed by atoms with Gasteiger partial charge < -0.3 is 14.3 Å². The molecule has 1 aromatic carbocycles. The Balaban J connectivity index is 1.57. The molecule has 0 unspecified atom stereocenters. The first-order chi connectivity index (χ1) is 12.9. The molecule has 144 valence electrons. The molecule has 27 heavy (non-hydrogen) atoms. The van der Waals surface area contributed by atoms with Crippen LogP contribution in [0, 0.1) is 23.2 Å². The molecule has 1 saturated carbocycles. The largest absolute Gasteiger partial charge is 0.493 e. The third-order valence-corrected chi connectivity index (χ3v) is 7.12. The Morgan fingerprint density at radius 1 is 1.30 bits per heavy atom. The Bertz CT molecular complexity index is 927. The molecule has 0 bridgehead atoms. The lowest BCUT2D eigenvalue weighted by molar-refractivity contribution is -0.0671. The maximum Gasteiger partial charge on any atom is 0.336 e. The highest BCUT2D eigenvalue weighted by Gasteiger charge is 2.50. The molecular weight excluding hydrogens is 340 g/mol. The summed E-state index contributed by atoms with van der Waals surface area (Å²) in [6.07, 6.45) is 5.06. The molecule has 1 N–H and O–H groups in total. The van der Waals surface area contributed by atoms with Crippen molar-refractivity contribution in [3.8, 4) is 5.75 Å². The molecule has 4 rings (SSSR count). The number of ether oxygens (including phenoxy) is 1. The molecule has 2 aromatic rings. The monoisotopic (exact) mass is 368 g/mol. The normalized spacial score (nSPS) is 33.4. The van der Waals surface area contributed by atoms with Gasteiger partial charge in [-0.1, -0.05) is 25.5 Å². The van der Waals surface area contributed by atoms with E-state index in [0.717, 1.165) is 30.4 Å². The molecule has 5 atom stereocenters. The van der Waals surface area contributed by atoms with E-state index in [1.54, 1.807) is 12.1 Å². The average Bonchev–Trinajstić information content (AvgIpc) is 2.64. The molecule has 1 fully saturated rings. The number of benzene rings is 1. The summed E-state index contributed by atoms with van der Waals surface area (Å²) in [5.74, 6) is 1.84. The van der Waals surface area contributed by atoms with Gasteiger partial charge in [-0.2, -0.15) is 0 Å². The van der Waals surface area contributed by atoms with Gasteiger partial charge in [0.1, 0.15) is 11.3 Å². The van der Waals surface area contributed by atoms with Gasteiger partial charge in [0.25, 0.3) is 0 Å². The van der Waals surface area contributed by atoms with Gasteiger partial charge in [-0.3, -0.25) is 0 Å². The van der Waals surface area contributed by atoms with Crippen LogP contribution < -0.4 is 10.4 Å². The van der Waals surface area contributed by atoms with Crippen molar-refractivity contribution in [2.75, 3.05) is 6.61 Å². The van der Waals surface area contributed by atoms with Gasteiger partial charge in [0.15, 0.2) is 0 Å². The van der Waals surface area contributed by atoms with Crippen molar-refractivity contribution in [1.82, 2.24) is 0 Å². The summed E-state index contributed by atoms with van der Waals surface area (Å²) >= 11 is 0. The van der Waals surface area contributed by atoms with E-state index in [0.29, 0.717) is 29.9 Å². The second-order valence-electron chi connectivity index (χ2n) is 8.58. The summed E-state index contributed by atoms with van der Waals surface area (Å²) in [7, 11) is 0. The smallest absolute Gasteiger partial charge is 0.336 e. The van der Waals surface area contributed by atoms with E-state index >= 15 is 0 Å². The van der Waals surface area contributed by atoms with E-state index in [-0.39, 0.29) is 17.1 Å². The summed E-state index contributed by atoms with van der Waals surface area (Å²) < 4.78 is 11.4. The first-order valence-electron chi connectivity index (χ1n) is 9.90. The zero-order valence-corrected chi connectivity index (χ0v) is 16.3. The van der Waals surface area contributed by atoms with E-state index in [1.807, 2.05) is 12.1 Å². The predicted octanol–water partition coefficient (Wildman–Crippen LogP) is 4.55. The molecule has 1 aromatic heterocycles. The SMILES string of the molecule is CC1=CC[C@@H]2[C@@H](C)[C@@H](O)CC[C@@]2(C)[C@H]1COc1ccc2ccc(=O)oc2c1. The van der Waals surface area contributed by atoms with Gasteiger partial charge in [0, 0.05) is 23.4 Å². The third kappa shape index (κ3) is 3.20. The first-order valence-corrected chi connectivity index (χ1v) is 9.90. The lowest BCUT2D eigenvalue weighted by Gasteiger charge is -2.53.